The van der Waals surface area contributed by atoms with E-state index in [-0.39, 0.29) is 17.5 Å². The van der Waals surface area contributed by atoms with Crippen LogP contribution in [0.25, 0.3) is 0 Å². The second-order valence-corrected chi connectivity index (χ2v) is 5.82. The van der Waals surface area contributed by atoms with Crippen molar-refractivity contribution in [1.82, 2.24) is 5.32 Å². The molecule has 2 aromatic rings. The van der Waals surface area contributed by atoms with Gasteiger partial charge in [0, 0.05) is 11.6 Å². The summed E-state index contributed by atoms with van der Waals surface area (Å²) in [7, 11) is 1.61. The van der Waals surface area contributed by atoms with Crippen LogP contribution >= 0.6 is 0 Å². The molecule has 0 aliphatic carbocycles. The lowest BCUT2D eigenvalue weighted by Gasteiger charge is -2.15. The first-order valence-corrected chi connectivity index (χ1v) is 7.68. The van der Waals surface area contributed by atoms with Gasteiger partial charge in [-0.25, -0.2) is 4.79 Å². The minimum atomic E-state index is -1.04. The number of hydrogen-bond donors (Lipinski definition) is 2. The number of methoxy groups -OCH3 is 1. The molecule has 2 aromatic carbocycles. The summed E-state index contributed by atoms with van der Waals surface area (Å²) in [6, 6.07) is 12.2. The summed E-state index contributed by atoms with van der Waals surface area (Å²) in [5, 5.41) is 12.0. The summed E-state index contributed by atoms with van der Waals surface area (Å²) in [4.78, 5) is 23.5. The van der Waals surface area contributed by atoms with Gasteiger partial charge in [-0.3, -0.25) is 4.79 Å². The van der Waals surface area contributed by atoms with Crippen LogP contribution in [0.2, 0.25) is 0 Å². The maximum Gasteiger partial charge on any atom is 0.335 e. The van der Waals surface area contributed by atoms with Gasteiger partial charge >= 0.3 is 5.97 Å². The molecule has 0 saturated heterocycles. The van der Waals surface area contributed by atoms with E-state index in [1.54, 1.807) is 26.2 Å². The Morgan fingerprint density at radius 1 is 1.17 bits per heavy atom. The van der Waals surface area contributed by atoms with Crippen molar-refractivity contribution in [2.24, 2.45) is 0 Å². The van der Waals surface area contributed by atoms with Crippen molar-refractivity contribution in [1.29, 1.82) is 0 Å². The van der Waals surface area contributed by atoms with Gasteiger partial charge in [0.1, 0.15) is 5.75 Å². The van der Waals surface area contributed by atoms with Crippen molar-refractivity contribution in [2.75, 3.05) is 7.11 Å². The second kappa shape index (κ2) is 7.64. The summed E-state index contributed by atoms with van der Waals surface area (Å²) in [6.45, 7) is 3.67. The normalized spacial score (nSPS) is 11.6. The number of benzene rings is 2. The fraction of sp³-hybridized carbons (Fsp3) is 0.263. The Morgan fingerprint density at radius 3 is 2.54 bits per heavy atom. The van der Waals surface area contributed by atoms with E-state index in [0.717, 1.165) is 16.9 Å². The first-order valence-electron chi connectivity index (χ1n) is 7.68. The van der Waals surface area contributed by atoms with Crippen LogP contribution in [0.5, 0.6) is 5.75 Å². The molecule has 0 aromatic heterocycles. The summed E-state index contributed by atoms with van der Waals surface area (Å²) >= 11 is 0. The van der Waals surface area contributed by atoms with Crippen LogP contribution in [-0.2, 0) is 6.42 Å². The van der Waals surface area contributed by atoms with Crippen molar-refractivity contribution in [3.63, 3.8) is 0 Å². The van der Waals surface area contributed by atoms with Gasteiger partial charge in [0.2, 0.25) is 0 Å². The summed E-state index contributed by atoms with van der Waals surface area (Å²) in [5.74, 6) is -0.551. The number of nitrogens with one attached hydrogen (secondary N) is 1. The van der Waals surface area contributed by atoms with Crippen LogP contribution in [0, 0.1) is 6.92 Å². The van der Waals surface area contributed by atoms with E-state index in [9.17, 15) is 9.59 Å². The highest BCUT2D eigenvalue weighted by molar-refractivity contribution is 5.97. The fourth-order valence-corrected chi connectivity index (χ4v) is 2.55. The van der Waals surface area contributed by atoms with Gasteiger partial charge in [0.05, 0.1) is 12.7 Å². The maximum absolute atomic E-state index is 12.4. The molecular weight excluding hydrogens is 306 g/mol. The molecule has 126 valence electrons. The van der Waals surface area contributed by atoms with Gasteiger partial charge in [0.25, 0.3) is 5.91 Å². The molecule has 0 heterocycles. The minimum Gasteiger partial charge on any atom is -0.497 e. The Labute approximate surface area is 141 Å². The van der Waals surface area contributed by atoms with Gasteiger partial charge in [-0.15, -0.1) is 0 Å². The molecular formula is C19H21NO4. The van der Waals surface area contributed by atoms with Crippen LogP contribution in [0.4, 0.5) is 0 Å². The molecule has 5 heteroatoms. The lowest BCUT2D eigenvalue weighted by atomic mass is 10.0. The van der Waals surface area contributed by atoms with E-state index in [1.165, 1.54) is 6.07 Å². The molecule has 2 N–H and O–H groups in total. The van der Waals surface area contributed by atoms with Crippen molar-refractivity contribution in [3.8, 4) is 5.75 Å². The third-order valence-corrected chi connectivity index (χ3v) is 3.64. The van der Waals surface area contributed by atoms with Gasteiger partial charge in [-0.2, -0.15) is 0 Å². The molecule has 0 saturated carbocycles. The minimum absolute atomic E-state index is 0.0987. The number of amides is 1. The van der Waals surface area contributed by atoms with E-state index in [1.807, 2.05) is 31.2 Å². The number of hydrogen-bond acceptors (Lipinski definition) is 3. The largest absolute Gasteiger partial charge is 0.497 e. The predicted octanol–water partition coefficient (Wildman–Crippen LogP) is 3.06. The molecule has 1 atom stereocenters. The SMILES string of the molecule is COc1cccc(CC(C)NC(=O)c2cc(C)cc(C(=O)O)c2)c1. The number of carbonyl (C=O) groups excluding carboxylic acids is 1. The van der Waals surface area contributed by atoms with Crippen LogP contribution < -0.4 is 10.1 Å². The molecule has 0 bridgehead atoms. The molecule has 24 heavy (non-hydrogen) atoms. The summed E-state index contributed by atoms with van der Waals surface area (Å²) < 4.78 is 5.19. The van der Waals surface area contributed by atoms with Crippen LogP contribution in [0.3, 0.4) is 0 Å². The fourth-order valence-electron chi connectivity index (χ4n) is 2.55. The van der Waals surface area contributed by atoms with Gasteiger partial charge in [0.15, 0.2) is 0 Å². The molecule has 5 nitrogen and oxygen atoms in total. The Bertz CT molecular complexity index is 755. The third kappa shape index (κ3) is 4.59. The molecule has 0 aliphatic heterocycles. The highest BCUT2D eigenvalue weighted by Crippen LogP contribution is 2.15. The molecule has 1 amide bonds. The summed E-state index contributed by atoms with van der Waals surface area (Å²) in [6.07, 6.45) is 0.653. The highest BCUT2D eigenvalue weighted by atomic mass is 16.5. The predicted molar refractivity (Wildman–Crippen MR) is 91.8 cm³/mol. The Morgan fingerprint density at radius 2 is 1.88 bits per heavy atom. The van der Waals surface area contributed by atoms with E-state index in [2.05, 4.69) is 5.32 Å². The molecule has 0 fully saturated rings. The van der Waals surface area contributed by atoms with Gasteiger partial charge in [-0.05, 0) is 61.7 Å². The number of aryl methyl sites for hydroxylation is 1. The number of rotatable bonds is 6. The number of carboxylic acid groups (broad SMARTS) is 1. The van der Waals surface area contributed by atoms with Crippen LogP contribution in [0.1, 0.15) is 38.8 Å². The number of carbonyl (C=O) groups is 2. The average molecular weight is 327 g/mol. The topological polar surface area (TPSA) is 75.6 Å². The van der Waals surface area contributed by atoms with Crippen molar-refractivity contribution in [3.05, 3.63) is 64.7 Å². The summed E-state index contributed by atoms with van der Waals surface area (Å²) in [5.41, 5.74) is 2.25. The standard InChI is InChI=1S/C19H21NO4/c1-12-7-15(11-16(8-12)19(22)23)18(21)20-13(2)9-14-5-4-6-17(10-14)24-3/h4-8,10-11,13H,9H2,1-3H3,(H,20,21)(H,22,23). The molecule has 1 unspecified atom stereocenters. The van der Waals surface area contributed by atoms with Crippen molar-refractivity contribution >= 4 is 11.9 Å². The van der Waals surface area contributed by atoms with Crippen LogP contribution in [0.15, 0.2) is 42.5 Å². The number of aromatic carboxylic acids is 1. The van der Waals surface area contributed by atoms with E-state index in [0.29, 0.717) is 12.0 Å². The quantitative estimate of drug-likeness (QED) is 0.855. The molecule has 0 radical (unpaired) electrons. The Kier molecular flexibility index (Phi) is 5.58. The molecule has 0 aliphatic rings. The van der Waals surface area contributed by atoms with Gasteiger partial charge < -0.3 is 15.2 Å². The van der Waals surface area contributed by atoms with Crippen molar-refractivity contribution < 1.29 is 19.4 Å². The zero-order chi connectivity index (χ0) is 17.7. The lowest BCUT2D eigenvalue weighted by Crippen LogP contribution is -2.34. The van der Waals surface area contributed by atoms with E-state index >= 15 is 0 Å². The third-order valence-electron chi connectivity index (χ3n) is 3.64. The van der Waals surface area contributed by atoms with Crippen LogP contribution in [-0.4, -0.2) is 30.1 Å². The first kappa shape index (κ1) is 17.5. The zero-order valence-electron chi connectivity index (χ0n) is 14.0. The molecule has 0 spiro atoms. The maximum atomic E-state index is 12.4. The Hall–Kier alpha value is -2.82. The first-order chi connectivity index (χ1) is 11.4. The molecule has 2 rings (SSSR count). The van der Waals surface area contributed by atoms with Crippen molar-refractivity contribution in [2.45, 2.75) is 26.3 Å². The Balaban J connectivity index is 2.07. The van der Waals surface area contributed by atoms with Gasteiger partial charge in [-0.1, -0.05) is 12.1 Å². The van der Waals surface area contributed by atoms with E-state index < -0.39 is 5.97 Å². The monoisotopic (exact) mass is 327 g/mol. The average Bonchev–Trinajstić information content (AvgIpc) is 2.54. The number of ether oxygens (including phenoxy) is 1. The lowest BCUT2D eigenvalue weighted by molar-refractivity contribution is 0.0696. The smallest absolute Gasteiger partial charge is 0.335 e. The number of carboxylic acids is 1. The second-order valence-electron chi connectivity index (χ2n) is 5.82. The zero-order valence-corrected chi connectivity index (χ0v) is 14.0. The highest BCUT2D eigenvalue weighted by Gasteiger charge is 2.14. The van der Waals surface area contributed by atoms with E-state index in [4.69, 9.17) is 9.84 Å².